The van der Waals surface area contributed by atoms with Gasteiger partial charge in [0.25, 0.3) is 5.19 Å². The number of aryl methyl sites for hydroxylation is 1. The van der Waals surface area contributed by atoms with E-state index < -0.39 is 0 Å². The van der Waals surface area contributed by atoms with Crippen LogP contribution in [0.3, 0.4) is 0 Å². The molecule has 1 aliphatic heterocycles. The second-order valence-corrected chi connectivity index (χ2v) is 6.78. The number of hydrogen-bond acceptors (Lipinski definition) is 6. The Kier molecular flexibility index (Phi) is 3.87. The van der Waals surface area contributed by atoms with Gasteiger partial charge in [-0.3, -0.25) is 0 Å². The van der Waals surface area contributed by atoms with E-state index in [1.54, 1.807) is 23.9 Å². The molecule has 4 heterocycles. The van der Waals surface area contributed by atoms with Gasteiger partial charge in [-0.1, -0.05) is 11.3 Å². The molecule has 1 unspecified atom stereocenters. The number of aromatic nitrogens is 4. The van der Waals surface area contributed by atoms with Crippen molar-refractivity contribution in [1.82, 2.24) is 19.5 Å². The van der Waals surface area contributed by atoms with Crippen LogP contribution in [-0.2, 0) is 7.05 Å². The molecule has 0 aromatic carbocycles. The Morgan fingerprint density at radius 3 is 3.17 bits per heavy atom. The van der Waals surface area contributed by atoms with Crippen molar-refractivity contribution in [3.05, 3.63) is 30.2 Å². The normalized spacial score (nSPS) is 18.5. The van der Waals surface area contributed by atoms with Crippen molar-refractivity contribution >= 4 is 28.2 Å². The fraction of sp³-hybridized carbons (Fsp3) is 0.438. The van der Waals surface area contributed by atoms with E-state index in [0.717, 1.165) is 41.6 Å². The monoisotopic (exact) mass is 329 g/mol. The molecule has 3 aromatic heterocycles. The van der Waals surface area contributed by atoms with Crippen LogP contribution in [0, 0.1) is 5.92 Å². The van der Waals surface area contributed by atoms with Gasteiger partial charge in [-0.25, -0.2) is 15.0 Å². The first-order valence-electron chi connectivity index (χ1n) is 7.84. The zero-order valence-electron chi connectivity index (χ0n) is 13.1. The minimum atomic E-state index is 0.501. The zero-order valence-corrected chi connectivity index (χ0v) is 13.9. The van der Waals surface area contributed by atoms with E-state index in [9.17, 15) is 0 Å². The average Bonchev–Trinajstić information content (AvgIpc) is 3.23. The second kappa shape index (κ2) is 6.16. The van der Waals surface area contributed by atoms with Crippen molar-refractivity contribution in [2.24, 2.45) is 13.0 Å². The topological polar surface area (TPSA) is 56.1 Å². The lowest BCUT2D eigenvalue weighted by atomic mass is 9.99. The number of rotatable bonds is 4. The summed E-state index contributed by atoms with van der Waals surface area (Å²) in [6.45, 7) is 2.72. The number of anilines is 1. The van der Waals surface area contributed by atoms with E-state index in [4.69, 9.17) is 4.74 Å². The first-order valence-corrected chi connectivity index (χ1v) is 8.72. The van der Waals surface area contributed by atoms with Gasteiger partial charge in [0.15, 0.2) is 0 Å². The molecule has 0 saturated carbocycles. The van der Waals surface area contributed by atoms with Crippen LogP contribution in [0.2, 0.25) is 0 Å². The molecule has 120 valence electrons. The van der Waals surface area contributed by atoms with Crippen molar-refractivity contribution in [3.63, 3.8) is 0 Å². The molecule has 23 heavy (non-hydrogen) atoms. The zero-order chi connectivity index (χ0) is 15.6. The Balaban J connectivity index is 1.50. The summed E-state index contributed by atoms with van der Waals surface area (Å²) in [6, 6.07) is 2.10. The van der Waals surface area contributed by atoms with Crippen LogP contribution >= 0.6 is 11.3 Å². The van der Waals surface area contributed by atoms with Gasteiger partial charge in [0.1, 0.15) is 17.8 Å². The number of piperidine rings is 1. The number of hydrogen-bond donors (Lipinski definition) is 0. The Hall–Kier alpha value is -2.15. The largest absolute Gasteiger partial charge is 0.470 e. The van der Waals surface area contributed by atoms with Crippen molar-refractivity contribution in [3.8, 4) is 5.19 Å². The predicted molar refractivity (Wildman–Crippen MR) is 91.1 cm³/mol. The Morgan fingerprint density at radius 2 is 2.30 bits per heavy atom. The standard InChI is InChI=1S/C16H19N5OS/c1-20-7-4-13-14(20)18-11-19-15(13)21-6-2-3-12(9-21)10-22-16-17-5-8-23-16/h4-5,7-8,11-12H,2-3,6,9-10H2,1H3. The molecule has 1 saturated heterocycles. The summed E-state index contributed by atoms with van der Waals surface area (Å²) in [5, 5.41) is 3.82. The summed E-state index contributed by atoms with van der Waals surface area (Å²) >= 11 is 1.54. The molecule has 1 atom stereocenters. The fourth-order valence-corrected chi connectivity index (χ4v) is 3.68. The van der Waals surface area contributed by atoms with Gasteiger partial charge in [-0.15, -0.1) is 0 Å². The average molecular weight is 329 g/mol. The third kappa shape index (κ3) is 2.88. The maximum Gasteiger partial charge on any atom is 0.273 e. The van der Waals surface area contributed by atoms with E-state index in [1.807, 2.05) is 23.2 Å². The highest BCUT2D eigenvalue weighted by atomic mass is 32.1. The molecule has 0 spiro atoms. The van der Waals surface area contributed by atoms with Gasteiger partial charge in [0.05, 0.1) is 12.0 Å². The molecule has 7 heteroatoms. The lowest BCUT2D eigenvalue weighted by Crippen LogP contribution is -2.38. The highest BCUT2D eigenvalue weighted by Crippen LogP contribution is 2.28. The van der Waals surface area contributed by atoms with Crippen LogP contribution in [0.5, 0.6) is 5.19 Å². The second-order valence-electron chi connectivity index (χ2n) is 5.92. The molecule has 1 aliphatic rings. The summed E-state index contributed by atoms with van der Waals surface area (Å²) in [7, 11) is 2.01. The minimum Gasteiger partial charge on any atom is -0.470 e. The lowest BCUT2D eigenvalue weighted by Gasteiger charge is -2.33. The van der Waals surface area contributed by atoms with Crippen LogP contribution in [0.4, 0.5) is 5.82 Å². The van der Waals surface area contributed by atoms with Crippen LogP contribution < -0.4 is 9.64 Å². The molecular weight excluding hydrogens is 310 g/mol. The van der Waals surface area contributed by atoms with Gasteiger partial charge >= 0.3 is 0 Å². The highest BCUT2D eigenvalue weighted by molar-refractivity contribution is 7.11. The number of thiazole rings is 1. The third-order valence-electron chi connectivity index (χ3n) is 4.31. The molecule has 0 amide bonds. The molecule has 6 nitrogen and oxygen atoms in total. The first kappa shape index (κ1) is 14.4. The number of ether oxygens (including phenoxy) is 1. The number of nitrogens with zero attached hydrogens (tertiary/aromatic N) is 5. The summed E-state index contributed by atoms with van der Waals surface area (Å²) in [4.78, 5) is 15.5. The van der Waals surface area contributed by atoms with Crippen LogP contribution in [0.15, 0.2) is 30.2 Å². The highest BCUT2D eigenvalue weighted by Gasteiger charge is 2.23. The van der Waals surface area contributed by atoms with Gasteiger partial charge < -0.3 is 14.2 Å². The molecule has 3 aromatic rings. The van der Waals surface area contributed by atoms with Crippen molar-refractivity contribution in [1.29, 1.82) is 0 Å². The van der Waals surface area contributed by atoms with Crippen LogP contribution in [0.25, 0.3) is 11.0 Å². The maximum absolute atomic E-state index is 5.81. The van der Waals surface area contributed by atoms with E-state index in [-0.39, 0.29) is 0 Å². The van der Waals surface area contributed by atoms with E-state index >= 15 is 0 Å². The lowest BCUT2D eigenvalue weighted by molar-refractivity contribution is 0.228. The molecule has 1 fully saturated rings. The maximum atomic E-state index is 5.81. The molecule has 0 N–H and O–H groups in total. The van der Waals surface area contributed by atoms with Crippen molar-refractivity contribution in [2.45, 2.75) is 12.8 Å². The molecule has 0 aliphatic carbocycles. The van der Waals surface area contributed by atoms with Crippen LogP contribution in [0.1, 0.15) is 12.8 Å². The predicted octanol–water partition coefficient (Wildman–Crippen LogP) is 2.72. The quantitative estimate of drug-likeness (QED) is 0.736. The number of fused-ring (bicyclic) bond motifs is 1. The summed E-state index contributed by atoms with van der Waals surface area (Å²) in [5.74, 6) is 1.54. The van der Waals surface area contributed by atoms with Gasteiger partial charge in [-0.2, -0.15) is 0 Å². The van der Waals surface area contributed by atoms with E-state index in [0.29, 0.717) is 12.5 Å². The SMILES string of the molecule is Cn1ccc2c(N3CCCC(COc4nccs4)C3)ncnc21. The summed E-state index contributed by atoms with van der Waals surface area (Å²) < 4.78 is 7.84. The van der Waals surface area contributed by atoms with Crippen molar-refractivity contribution < 1.29 is 4.74 Å². The molecule has 0 radical (unpaired) electrons. The van der Waals surface area contributed by atoms with E-state index in [1.165, 1.54) is 6.42 Å². The van der Waals surface area contributed by atoms with Gasteiger partial charge in [-0.05, 0) is 18.9 Å². The minimum absolute atomic E-state index is 0.501. The Labute approximate surface area is 138 Å². The Morgan fingerprint density at radius 1 is 1.35 bits per heavy atom. The molecule has 4 rings (SSSR count). The Bertz CT molecular complexity index is 785. The molecule has 0 bridgehead atoms. The molecular formula is C16H19N5OS. The van der Waals surface area contributed by atoms with Crippen LogP contribution in [-0.4, -0.2) is 39.2 Å². The first-order chi connectivity index (χ1) is 11.3. The smallest absolute Gasteiger partial charge is 0.273 e. The third-order valence-corrected chi connectivity index (χ3v) is 4.99. The van der Waals surface area contributed by atoms with Gasteiger partial charge in [0, 0.05) is 43.8 Å². The van der Waals surface area contributed by atoms with Crippen molar-refractivity contribution in [2.75, 3.05) is 24.6 Å². The fourth-order valence-electron chi connectivity index (χ4n) is 3.18. The van der Waals surface area contributed by atoms with Gasteiger partial charge in [0.2, 0.25) is 0 Å². The summed E-state index contributed by atoms with van der Waals surface area (Å²) in [5.41, 5.74) is 0.983. The van der Waals surface area contributed by atoms with E-state index in [2.05, 4.69) is 25.9 Å². The summed E-state index contributed by atoms with van der Waals surface area (Å²) in [6.07, 6.45) is 7.82.